The fourth-order valence-electron chi connectivity index (χ4n) is 4.24. The highest BCUT2D eigenvalue weighted by molar-refractivity contribution is 5.80. The minimum Gasteiger partial charge on any atom is -0.357 e. The Labute approximate surface area is 170 Å². The van der Waals surface area contributed by atoms with Crippen molar-refractivity contribution in [2.45, 2.75) is 65.8 Å². The van der Waals surface area contributed by atoms with Gasteiger partial charge in [0.1, 0.15) is 11.6 Å². The lowest BCUT2D eigenvalue weighted by Crippen LogP contribution is -2.53. The van der Waals surface area contributed by atoms with Crippen LogP contribution in [0.4, 0.5) is 0 Å². The summed E-state index contributed by atoms with van der Waals surface area (Å²) in [5.41, 5.74) is 0. The lowest BCUT2D eigenvalue weighted by molar-refractivity contribution is 0.164. The quantitative estimate of drug-likeness (QED) is 0.440. The van der Waals surface area contributed by atoms with Gasteiger partial charge in [-0.1, -0.05) is 20.3 Å². The summed E-state index contributed by atoms with van der Waals surface area (Å²) in [6.07, 6.45) is 6.89. The number of guanidine groups is 1. The van der Waals surface area contributed by atoms with E-state index in [0.717, 1.165) is 82.8 Å². The molecule has 0 amide bonds. The second-order valence-electron chi connectivity index (χ2n) is 8.52. The monoisotopic (exact) mass is 389 g/mol. The molecule has 2 aliphatic rings. The van der Waals surface area contributed by atoms with Gasteiger partial charge in [0.05, 0.1) is 0 Å². The van der Waals surface area contributed by atoms with Gasteiger partial charge in [-0.25, -0.2) is 0 Å². The molecule has 7 nitrogen and oxygen atoms in total. The second kappa shape index (κ2) is 10.8. The molecule has 1 saturated heterocycles. The van der Waals surface area contributed by atoms with Gasteiger partial charge in [0.15, 0.2) is 5.96 Å². The summed E-state index contributed by atoms with van der Waals surface area (Å²) in [6.45, 7) is 15.2. The topological polar surface area (TPSA) is 61.6 Å². The molecule has 0 aliphatic carbocycles. The Morgan fingerprint density at radius 2 is 1.89 bits per heavy atom. The van der Waals surface area contributed by atoms with Crippen LogP contribution in [0.1, 0.15) is 58.1 Å². The maximum Gasteiger partial charge on any atom is 0.194 e. The van der Waals surface area contributed by atoms with Crippen LogP contribution in [0.3, 0.4) is 0 Å². The first-order chi connectivity index (χ1) is 13.7. The number of aryl methyl sites for hydroxylation is 2. The summed E-state index contributed by atoms with van der Waals surface area (Å²) < 4.78 is 2.36. The third kappa shape index (κ3) is 5.93. The van der Waals surface area contributed by atoms with E-state index in [4.69, 9.17) is 4.99 Å². The Kier molecular flexibility index (Phi) is 8.13. The van der Waals surface area contributed by atoms with Crippen molar-refractivity contribution in [3.63, 3.8) is 0 Å². The fourth-order valence-corrected chi connectivity index (χ4v) is 4.24. The average Bonchev–Trinajstić information content (AvgIpc) is 2.91. The van der Waals surface area contributed by atoms with E-state index in [-0.39, 0.29) is 0 Å². The van der Waals surface area contributed by atoms with Crippen molar-refractivity contribution in [2.75, 3.05) is 45.8 Å². The molecule has 158 valence electrons. The second-order valence-corrected chi connectivity index (χ2v) is 8.52. The molecule has 0 aromatic carbocycles. The van der Waals surface area contributed by atoms with Crippen LogP contribution in [0, 0.1) is 5.92 Å². The van der Waals surface area contributed by atoms with E-state index in [9.17, 15) is 0 Å². The van der Waals surface area contributed by atoms with E-state index in [2.05, 4.69) is 50.7 Å². The molecule has 1 aromatic heterocycles. The zero-order chi connectivity index (χ0) is 19.8. The van der Waals surface area contributed by atoms with Crippen molar-refractivity contribution >= 4 is 5.96 Å². The van der Waals surface area contributed by atoms with Crippen molar-refractivity contribution < 1.29 is 0 Å². The predicted octanol–water partition coefficient (Wildman–Crippen LogP) is 2.18. The molecular weight excluding hydrogens is 350 g/mol. The number of nitrogens with zero attached hydrogens (tertiary/aromatic N) is 6. The minimum atomic E-state index is 0.737. The standard InChI is InChI=1S/C21H39N7/c1-4-22-21(27-15-13-26(14-16-27)17-18(2)3)23-11-8-10-20-25-24-19-9-6-5-7-12-28(19)20/h18H,4-17H2,1-3H3,(H,22,23). The molecule has 0 bridgehead atoms. The van der Waals surface area contributed by atoms with Crippen LogP contribution >= 0.6 is 0 Å². The first kappa shape index (κ1) is 21.1. The van der Waals surface area contributed by atoms with Gasteiger partial charge in [0.2, 0.25) is 0 Å². The van der Waals surface area contributed by atoms with Crippen LogP contribution in [0.15, 0.2) is 4.99 Å². The lowest BCUT2D eigenvalue weighted by Gasteiger charge is -2.37. The van der Waals surface area contributed by atoms with Crippen molar-refractivity contribution in [1.82, 2.24) is 29.9 Å². The smallest absolute Gasteiger partial charge is 0.194 e. The van der Waals surface area contributed by atoms with E-state index >= 15 is 0 Å². The van der Waals surface area contributed by atoms with E-state index in [1.54, 1.807) is 0 Å². The van der Waals surface area contributed by atoms with Crippen molar-refractivity contribution in [3.05, 3.63) is 11.6 Å². The number of fused-ring (bicyclic) bond motifs is 1. The van der Waals surface area contributed by atoms with Crippen LogP contribution in [0.2, 0.25) is 0 Å². The van der Waals surface area contributed by atoms with Crippen molar-refractivity contribution in [3.8, 4) is 0 Å². The number of aliphatic imine (C=N–C) groups is 1. The Morgan fingerprint density at radius 1 is 1.07 bits per heavy atom. The molecule has 1 fully saturated rings. The first-order valence-electron chi connectivity index (χ1n) is 11.3. The summed E-state index contributed by atoms with van der Waals surface area (Å²) in [4.78, 5) is 9.90. The highest BCUT2D eigenvalue weighted by Gasteiger charge is 2.20. The van der Waals surface area contributed by atoms with Gasteiger partial charge in [-0.05, 0) is 32.1 Å². The average molecular weight is 390 g/mol. The highest BCUT2D eigenvalue weighted by atomic mass is 15.3. The number of nitrogens with one attached hydrogen (secondary N) is 1. The number of hydrogen-bond acceptors (Lipinski definition) is 4. The number of hydrogen-bond donors (Lipinski definition) is 1. The van der Waals surface area contributed by atoms with Crippen LogP contribution in [-0.2, 0) is 19.4 Å². The van der Waals surface area contributed by atoms with Gasteiger partial charge >= 0.3 is 0 Å². The van der Waals surface area contributed by atoms with Gasteiger partial charge < -0.3 is 14.8 Å². The molecule has 2 aliphatic heterocycles. The zero-order valence-corrected chi connectivity index (χ0v) is 18.2. The van der Waals surface area contributed by atoms with Gasteiger partial charge in [-0.15, -0.1) is 10.2 Å². The molecule has 28 heavy (non-hydrogen) atoms. The molecule has 0 unspecified atom stereocenters. The number of aromatic nitrogens is 3. The van der Waals surface area contributed by atoms with E-state index in [0.29, 0.717) is 0 Å². The van der Waals surface area contributed by atoms with Gasteiger partial charge in [-0.2, -0.15) is 0 Å². The Hall–Kier alpha value is -1.63. The largest absolute Gasteiger partial charge is 0.357 e. The van der Waals surface area contributed by atoms with E-state index < -0.39 is 0 Å². The lowest BCUT2D eigenvalue weighted by atomic mass is 10.2. The molecule has 1 N–H and O–H groups in total. The van der Waals surface area contributed by atoms with Gasteiger partial charge in [0.25, 0.3) is 0 Å². The molecule has 0 radical (unpaired) electrons. The van der Waals surface area contributed by atoms with Crippen LogP contribution in [0.25, 0.3) is 0 Å². The Morgan fingerprint density at radius 3 is 2.64 bits per heavy atom. The maximum absolute atomic E-state index is 4.91. The van der Waals surface area contributed by atoms with Gasteiger partial charge in [-0.3, -0.25) is 9.89 Å². The van der Waals surface area contributed by atoms with Crippen molar-refractivity contribution in [1.29, 1.82) is 0 Å². The normalized spacial score (nSPS) is 19.0. The minimum absolute atomic E-state index is 0.737. The first-order valence-corrected chi connectivity index (χ1v) is 11.3. The summed E-state index contributed by atoms with van der Waals surface area (Å²) in [7, 11) is 0. The molecule has 0 atom stereocenters. The number of piperazine rings is 1. The molecule has 0 saturated carbocycles. The summed E-state index contributed by atoms with van der Waals surface area (Å²) in [5.74, 6) is 4.15. The van der Waals surface area contributed by atoms with Crippen LogP contribution in [-0.4, -0.2) is 76.3 Å². The highest BCUT2D eigenvalue weighted by Crippen LogP contribution is 2.15. The molecule has 1 aromatic rings. The van der Waals surface area contributed by atoms with E-state index in [1.807, 2.05) is 0 Å². The predicted molar refractivity (Wildman–Crippen MR) is 115 cm³/mol. The third-order valence-corrected chi connectivity index (χ3v) is 5.64. The van der Waals surface area contributed by atoms with Crippen LogP contribution < -0.4 is 5.32 Å². The maximum atomic E-state index is 4.91. The van der Waals surface area contributed by atoms with Gasteiger partial charge in [0, 0.05) is 65.2 Å². The molecule has 3 rings (SSSR count). The van der Waals surface area contributed by atoms with Crippen LogP contribution in [0.5, 0.6) is 0 Å². The van der Waals surface area contributed by atoms with Crippen molar-refractivity contribution in [2.24, 2.45) is 10.9 Å². The summed E-state index contributed by atoms with van der Waals surface area (Å²) in [6, 6.07) is 0. The van der Waals surface area contributed by atoms with E-state index in [1.165, 1.54) is 31.6 Å². The molecule has 7 heteroatoms. The molecular formula is C21H39N7. The summed E-state index contributed by atoms with van der Waals surface area (Å²) >= 11 is 0. The third-order valence-electron chi connectivity index (χ3n) is 5.64. The SMILES string of the molecule is CCNC(=NCCCc1nnc2n1CCCCC2)N1CCN(CC(C)C)CC1. The fraction of sp³-hybridized carbons (Fsp3) is 0.857. The Balaban J connectivity index is 1.48. The molecule has 3 heterocycles. The molecule has 0 spiro atoms. The Bertz CT molecular complexity index is 614. The number of rotatable bonds is 7. The zero-order valence-electron chi connectivity index (χ0n) is 18.2. The summed E-state index contributed by atoms with van der Waals surface area (Å²) in [5, 5.41) is 12.3.